The number of rotatable bonds is 3. The summed E-state index contributed by atoms with van der Waals surface area (Å²) in [7, 11) is 0. The van der Waals surface area contributed by atoms with Crippen LogP contribution in [0, 0.1) is 0 Å². The van der Waals surface area contributed by atoms with Crippen LogP contribution in [-0.2, 0) is 4.74 Å². The number of aliphatic hydroxyl groups is 1. The summed E-state index contributed by atoms with van der Waals surface area (Å²) in [5.41, 5.74) is 3.68. The van der Waals surface area contributed by atoms with Gasteiger partial charge in [0.05, 0.1) is 0 Å². The summed E-state index contributed by atoms with van der Waals surface area (Å²) in [4.78, 5) is 0. The highest BCUT2D eigenvalue weighted by Crippen LogP contribution is 2.19. The van der Waals surface area contributed by atoms with Crippen molar-refractivity contribution in [2.75, 3.05) is 6.61 Å². The molecule has 0 aliphatic heterocycles. The smallest absolute Gasteiger partial charge is 0.142 e. The van der Waals surface area contributed by atoms with Crippen molar-refractivity contribution in [2.24, 2.45) is 5.73 Å². The molecule has 1 unspecified atom stereocenters. The normalized spacial score (nSPS) is 16.9. The van der Waals surface area contributed by atoms with Crippen LogP contribution in [0.3, 0.4) is 0 Å². The van der Waals surface area contributed by atoms with E-state index in [1.54, 1.807) is 20.8 Å². The number of nitrogens with two attached hydrogens (primary N) is 1. The van der Waals surface area contributed by atoms with Crippen molar-refractivity contribution in [2.45, 2.75) is 39.0 Å². The van der Waals surface area contributed by atoms with E-state index in [1.807, 2.05) is 6.92 Å². The number of ether oxygens (including phenoxy) is 1. The Morgan fingerprint density at radius 1 is 1.36 bits per heavy atom. The van der Waals surface area contributed by atoms with Gasteiger partial charge < -0.3 is 21.1 Å². The lowest BCUT2D eigenvalue weighted by Gasteiger charge is -2.36. The van der Waals surface area contributed by atoms with Gasteiger partial charge in [-0.3, -0.25) is 0 Å². The lowest BCUT2D eigenvalue weighted by atomic mass is 9.97. The lowest BCUT2D eigenvalue weighted by molar-refractivity contribution is -0.151. The molecule has 0 rings (SSSR count). The van der Waals surface area contributed by atoms with Crippen molar-refractivity contribution in [3.05, 3.63) is 0 Å². The second-order valence-electron chi connectivity index (χ2n) is 3.10. The van der Waals surface area contributed by atoms with Gasteiger partial charge in [0.1, 0.15) is 11.3 Å². The largest absolute Gasteiger partial charge is 0.412 e. The average Bonchev–Trinajstić information content (AvgIpc) is 1.61. The second-order valence-corrected chi connectivity index (χ2v) is 3.10. The fraction of sp³-hybridized carbons (Fsp3) is 1.00. The molecule has 11 heavy (non-hydrogen) atoms. The molecule has 0 aliphatic carbocycles. The van der Waals surface area contributed by atoms with Crippen LogP contribution in [0.2, 0.25) is 0 Å². The van der Waals surface area contributed by atoms with E-state index in [2.05, 4.69) is 0 Å². The predicted molar refractivity (Wildman–Crippen MR) is 44.1 cm³/mol. The summed E-state index contributed by atoms with van der Waals surface area (Å²) < 4.78 is 5.12. The van der Waals surface area contributed by atoms with Crippen LogP contribution in [0.4, 0.5) is 0 Å². The Hall–Kier alpha value is -0.160. The number of hydrogen-bond acceptors (Lipinski definition) is 3. The molecular formula is C7H19NO3. The standard InChI is InChI=1S/C7H17NO2.H2O/c1-5-10-7(4,8)6(2,3)9;/h9H,5,8H2,1-4H3;1H2. The Balaban J connectivity index is 0. The first kappa shape index (κ1) is 13.4. The van der Waals surface area contributed by atoms with Crippen LogP contribution in [0.5, 0.6) is 0 Å². The monoisotopic (exact) mass is 165 g/mol. The molecule has 0 aromatic carbocycles. The van der Waals surface area contributed by atoms with Crippen molar-refractivity contribution in [1.82, 2.24) is 0 Å². The van der Waals surface area contributed by atoms with Gasteiger partial charge in [-0.2, -0.15) is 0 Å². The summed E-state index contributed by atoms with van der Waals surface area (Å²) in [6.07, 6.45) is 0. The molecule has 0 saturated carbocycles. The molecule has 0 spiro atoms. The minimum Gasteiger partial charge on any atom is -0.412 e. The summed E-state index contributed by atoms with van der Waals surface area (Å²) in [6.45, 7) is 7.27. The quantitative estimate of drug-likeness (QED) is 0.560. The molecule has 0 saturated heterocycles. The van der Waals surface area contributed by atoms with Gasteiger partial charge in [-0.25, -0.2) is 0 Å². The van der Waals surface area contributed by atoms with Crippen LogP contribution in [0.25, 0.3) is 0 Å². The molecule has 0 aromatic rings. The van der Waals surface area contributed by atoms with Gasteiger partial charge in [0, 0.05) is 6.61 Å². The van der Waals surface area contributed by atoms with Gasteiger partial charge in [0.25, 0.3) is 0 Å². The van der Waals surface area contributed by atoms with E-state index in [1.165, 1.54) is 0 Å². The molecule has 4 heteroatoms. The Morgan fingerprint density at radius 3 is 1.82 bits per heavy atom. The van der Waals surface area contributed by atoms with E-state index in [9.17, 15) is 5.11 Å². The molecular weight excluding hydrogens is 146 g/mol. The molecule has 0 bridgehead atoms. The minimum atomic E-state index is -0.997. The molecule has 0 fully saturated rings. The van der Waals surface area contributed by atoms with Crippen molar-refractivity contribution in [3.8, 4) is 0 Å². The van der Waals surface area contributed by atoms with Crippen molar-refractivity contribution >= 4 is 0 Å². The average molecular weight is 165 g/mol. The Bertz CT molecular complexity index is 107. The Kier molecular flexibility index (Phi) is 4.90. The highest BCUT2D eigenvalue weighted by atomic mass is 16.5. The third kappa shape index (κ3) is 3.67. The first-order valence-corrected chi connectivity index (χ1v) is 3.46. The van der Waals surface area contributed by atoms with E-state index < -0.39 is 11.3 Å². The minimum absolute atomic E-state index is 0. The van der Waals surface area contributed by atoms with Gasteiger partial charge in [-0.1, -0.05) is 0 Å². The zero-order valence-corrected chi connectivity index (χ0v) is 7.64. The van der Waals surface area contributed by atoms with Crippen molar-refractivity contribution in [3.63, 3.8) is 0 Å². The molecule has 0 amide bonds. The molecule has 70 valence electrons. The Labute approximate surface area is 67.7 Å². The maximum atomic E-state index is 9.43. The van der Waals surface area contributed by atoms with E-state index in [0.717, 1.165) is 0 Å². The first-order valence-electron chi connectivity index (χ1n) is 3.46. The van der Waals surface area contributed by atoms with Crippen molar-refractivity contribution < 1.29 is 15.3 Å². The van der Waals surface area contributed by atoms with Crippen molar-refractivity contribution in [1.29, 1.82) is 0 Å². The van der Waals surface area contributed by atoms with Gasteiger partial charge in [0.15, 0.2) is 0 Å². The maximum Gasteiger partial charge on any atom is 0.142 e. The van der Waals surface area contributed by atoms with Crippen LogP contribution in [-0.4, -0.2) is 28.5 Å². The molecule has 0 radical (unpaired) electrons. The highest BCUT2D eigenvalue weighted by Gasteiger charge is 2.36. The van der Waals surface area contributed by atoms with Crippen LogP contribution >= 0.6 is 0 Å². The SMILES string of the molecule is CCOC(C)(N)C(C)(C)O.O. The fourth-order valence-corrected chi connectivity index (χ4v) is 0.476. The molecule has 0 aromatic heterocycles. The lowest BCUT2D eigenvalue weighted by Crippen LogP contribution is -2.56. The predicted octanol–water partition coefficient (Wildman–Crippen LogP) is -0.356. The highest BCUT2D eigenvalue weighted by molar-refractivity contribution is 4.85. The first-order chi connectivity index (χ1) is 4.31. The fourth-order valence-electron chi connectivity index (χ4n) is 0.476. The third-order valence-corrected chi connectivity index (χ3v) is 1.66. The summed E-state index contributed by atoms with van der Waals surface area (Å²) in [6, 6.07) is 0. The zero-order chi connectivity index (χ0) is 8.41. The zero-order valence-electron chi connectivity index (χ0n) is 7.64. The van der Waals surface area contributed by atoms with Gasteiger partial charge in [-0.05, 0) is 27.7 Å². The van der Waals surface area contributed by atoms with E-state index >= 15 is 0 Å². The molecule has 0 heterocycles. The topological polar surface area (TPSA) is 87.0 Å². The van der Waals surface area contributed by atoms with Crippen LogP contribution < -0.4 is 5.73 Å². The maximum absolute atomic E-state index is 9.43. The summed E-state index contributed by atoms with van der Waals surface area (Å²) >= 11 is 0. The van der Waals surface area contributed by atoms with E-state index in [4.69, 9.17) is 10.5 Å². The third-order valence-electron chi connectivity index (χ3n) is 1.66. The molecule has 1 atom stereocenters. The van der Waals surface area contributed by atoms with Gasteiger partial charge in [0.2, 0.25) is 0 Å². The second kappa shape index (κ2) is 4.01. The van der Waals surface area contributed by atoms with Gasteiger partial charge in [-0.15, -0.1) is 0 Å². The molecule has 4 nitrogen and oxygen atoms in total. The van der Waals surface area contributed by atoms with Gasteiger partial charge >= 0.3 is 0 Å². The van der Waals surface area contributed by atoms with E-state index in [-0.39, 0.29) is 5.48 Å². The summed E-state index contributed by atoms with van der Waals surface area (Å²) in [5.74, 6) is 0. The Morgan fingerprint density at radius 2 is 1.73 bits per heavy atom. The molecule has 0 aliphatic rings. The summed E-state index contributed by atoms with van der Waals surface area (Å²) in [5, 5.41) is 9.43. The van der Waals surface area contributed by atoms with Crippen LogP contribution in [0.15, 0.2) is 0 Å². The number of hydrogen-bond donors (Lipinski definition) is 2. The molecule has 5 N–H and O–H groups in total. The van der Waals surface area contributed by atoms with Crippen LogP contribution in [0.1, 0.15) is 27.7 Å². The van der Waals surface area contributed by atoms with E-state index in [0.29, 0.717) is 6.61 Å².